The molecule has 1 aromatic carbocycles. The first-order valence-corrected chi connectivity index (χ1v) is 10.9. The first-order chi connectivity index (χ1) is 13.7. The fraction of sp³-hybridized carbons (Fsp3) is 0.250. The smallest absolute Gasteiger partial charge is 0.264 e. The summed E-state index contributed by atoms with van der Waals surface area (Å²) in [5.41, 5.74) is 1.76. The third-order valence-corrected chi connectivity index (χ3v) is 6.83. The van der Waals surface area contributed by atoms with Gasteiger partial charge in [-0.15, -0.1) is 22.7 Å². The number of carbonyl (C=O) groups is 2. The Labute approximate surface area is 169 Å². The fourth-order valence-electron chi connectivity index (χ4n) is 3.65. The van der Waals surface area contributed by atoms with Crippen molar-refractivity contribution < 1.29 is 9.59 Å². The van der Waals surface area contributed by atoms with Crippen LogP contribution >= 0.6 is 22.7 Å². The maximum absolute atomic E-state index is 13.0. The quantitative estimate of drug-likeness (QED) is 0.553. The van der Waals surface area contributed by atoms with Gasteiger partial charge in [0, 0.05) is 30.4 Å². The zero-order valence-corrected chi connectivity index (χ0v) is 16.6. The molecule has 8 heteroatoms. The molecule has 142 valence electrons. The van der Waals surface area contributed by atoms with E-state index in [0.29, 0.717) is 18.0 Å². The highest BCUT2D eigenvalue weighted by Crippen LogP contribution is 2.30. The Morgan fingerprint density at radius 3 is 2.93 bits per heavy atom. The number of hydrogen-bond donors (Lipinski definition) is 1. The Balaban J connectivity index is 1.32. The van der Waals surface area contributed by atoms with Gasteiger partial charge in [0.05, 0.1) is 16.3 Å². The number of thiophene rings is 1. The SMILES string of the molecule is O=C(Nc1ccccc1)C1CCCN(C(=O)c2cc3c(nc4sccn43)s2)C1. The summed E-state index contributed by atoms with van der Waals surface area (Å²) >= 11 is 3.01. The summed E-state index contributed by atoms with van der Waals surface area (Å²) in [7, 11) is 0. The van der Waals surface area contributed by atoms with Crippen LogP contribution in [0.4, 0.5) is 5.69 Å². The van der Waals surface area contributed by atoms with Crippen molar-refractivity contribution in [1.29, 1.82) is 0 Å². The fourth-order valence-corrected chi connectivity index (χ4v) is 5.42. The molecular formula is C20H18N4O2S2. The van der Waals surface area contributed by atoms with Crippen molar-refractivity contribution in [2.24, 2.45) is 5.92 Å². The molecule has 1 fully saturated rings. The molecule has 0 saturated carbocycles. The molecule has 4 heterocycles. The molecule has 0 bridgehead atoms. The van der Waals surface area contributed by atoms with E-state index in [1.54, 1.807) is 16.2 Å². The van der Waals surface area contributed by atoms with Gasteiger partial charge in [-0.2, -0.15) is 0 Å². The largest absolute Gasteiger partial charge is 0.337 e. The van der Waals surface area contributed by atoms with E-state index in [1.807, 2.05) is 52.4 Å². The number of amides is 2. The van der Waals surface area contributed by atoms with Crippen molar-refractivity contribution in [2.75, 3.05) is 18.4 Å². The average molecular weight is 411 g/mol. The number of carbonyl (C=O) groups excluding carboxylic acids is 2. The molecule has 4 aromatic rings. The maximum Gasteiger partial charge on any atom is 0.264 e. The van der Waals surface area contributed by atoms with Crippen LogP contribution in [0.3, 0.4) is 0 Å². The highest BCUT2D eigenvalue weighted by atomic mass is 32.1. The summed E-state index contributed by atoms with van der Waals surface area (Å²) < 4.78 is 2.01. The molecule has 1 N–H and O–H groups in total. The molecule has 0 radical (unpaired) electrons. The zero-order chi connectivity index (χ0) is 19.1. The van der Waals surface area contributed by atoms with Crippen LogP contribution in [-0.2, 0) is 4.79 Å². The third kappa shape index (κ3) is 3.08. The minimum Gasteiger partial charge on any atom is -0.337 e. The lowest BCUT2D eigenvalue weighted by Gasteiger charge is -2.31. The second-order valence-corrected chi connectivity index (χ2v) is 8.82. The summed E-state index contributed by atoms with van der Waals surface area (Å²) in [5.74, 6) is -0.220. The Morgan fingerprint density at radius 1 is 1.21 bits per heavy atom. The van der Waals surface area contributed by atoms with Gasteiger partial charge >= 0.3 is 0 Å². The van der Waals surface area contributed by atoms with Crippen molar-refractivity contribution >= 4 is 55.5 Å². The number of nitrogens with one attached hydrogen (secondary N) is 1. The van der Waals surface area contributed by atoms with Crippen LogP contribution in [0.25, 0.3) is 15.3 Å². The first kappa shape index (κ1) is 17.4. The number of fused-ring (bicyclic) bond motifs is 3. The van der Waals surface area contributed by atoms with Crippen molar-refractivity contribution in [3.05, 3.63) is 52.9 Å². The number of piperidine rings is 1. The Bertz CT molecular complexity index is 1160. The Morgan fingerprint density at radius 2 is 2.07 bits per heavy atom. The van der Waals surface area contributed by atoms with Crippen LogP contribution in [-0.4, -0.2) is 39.2 Å². The van der Waals surface area contributed by atoms with Crippen LogP contribution in [0.1, 0.15) is 22.5 Å². The van der Waals surface area contributed by atoms with Crippen LogP contribution in [0.15, 0.2) is 48.0 Å². The molecule has 0 aliphatic carbocycles. The average Bonchev–Trinajstić information content (AvgIpc) is 3.41. The number of rotatable bonds is 3. The number of hydrogen-bond acceptors (Lipinski definition) is 5. The van der Waals surface area contributed by atoms with E-state index >= 15 is 0 Å². The Kier molecular flexibility index (Phi) is 4.37. The summed E-state index contributed by atoms with van der Waals surface area (Å²) in [6.07, 6.45) is 3.60. The molecule has 1 aliphatic heterocycles. The lowest BCUT2D eigenvalue weighted by Crippen LogP contribution is -2.43. The summed E-state index contributed by atoms with van der Waals surface area (Å²) in [6.45, 7) is 1.14. The van der Waals surface area contributed by atoms with E-state index in [0.717, 1.165) is 33.8 Å². The number of aromatic nitrogens is 2. The van der Waals surface area contributed by atoms with Gasteiger partial charge in [0.25, 0.3) is 5.91 Å². The van der Waals surface area contributed by atoms with E-state index in [1.165, 1.54) is 11.3 Å². The predicted molar refractivity (Wildman–Crippen MR) is 112 cm³/mol. The molecule has 3 aromatic heterocycles. The van der Waals surface area contributed by atoms with E-state index in [2.05, 4.69) is 10.3 Å². The molecule has 1 unspecified atom stereocenters. The number of benzene rings is 1. The van der Waals surface area contributed by atoms with Gasteiger partial charge in [-0.05, 0) is 31.0 Å². The molecular weight excluding hydrogens is 392 g/mol. The summed E-state index contributed by atoms with van der Waals surface area (Å²) in [5, 5.41) is 4.95. The number of thiazole rings is 1. The number of imidazole rings is 1. The van der Waals surface area contributed by atoms with E-state index in [9.17, 15) is 9.59 Å². The normalized spacial score (nSPS) is 17.3. The first-order valence-electron chi connectivity index (χ1n) is 9.19. The minimum absolute atomic E-state index is 0.0100. The van der Waals surface area contributed by atoms with Crippen LogP contribution in [0, 0.1) is 5.92 Å². The van der Waals surface area contributed by atoms with Crippen molar-refractivity contribution in [3.63, 3.8) is 0 Å². The lowest BCUT2D eigenvalue weighted by atomic mass is 9.97. The lowest BCUT2D eigenvalue weighted by molar-refractivity contribution is -0.121. The molecule has 0 spiro atoms. The van der Waals surface area contributed by atoms with E-state index in [4.69, 9.17) is 0 Å². The van der Waals surface area contributed by atoms with Gasteiger partial charge in [-0.3, -0.25) is 14.0 Å². The monoisotopic (exact) mass is 410 g/mol. The maximum atomic E-state index is 13.0. The minimum atomic E-state index is -0.188. The number of nitrogens with zero attached hydrogens (tertiary/aromatic N) is 3. The molecule has 1 aliphatic rings. The highest BCUT2D eigenvalue weighted by Gasteiger charge is 2.30. The number of anilines is 1. The summed E-state index contributed by atoms with van der Waals surface area (Å²) in [6, 6.07) is 11.4. The van der Waals surface area contributed by atoms with Gasteiger partial charge in [-0.1, -0.05) is 18.2 Å². The van der Waals surface area contributed by atoms with Gasteiger partial charge in [0.2, 0.25) is 5.91 Å². The number of likely N-dealkylation sites (tertiary alicyclic amines) is 1. The van der Waals surface area contributed by atoms with Crippen LogP contribution in [0.5, 0.6) is 0 Å². The molecule has 5 rings (SSSR count). The van der Waals surface area contributed by atoms with Crippen molar-refractivity contribution in [1.82, 2.24) is 14.3 Å². The van der Waals surface area contributed by atoms with Crippen molar-refractivity contribution in [2.45, 2.75) is 12.8 Å². The predicted octanol–water partition coefficient (Wildman–Crippen LogP) is 4.10. The molecule has 2 amide bonds. The third-order valence-electron chi connectivity index (χ3n) is 5.07. The highest BCUT2D eigenvalue weighted by molar-refractivity contribution is 7.21. The van der Waals surface area contributed by atoms with Gasteiger partial charge in [0.15, 0.2) is 4.96 Å². The standard InChI is InChI=1S/C20H18N4O2S2/c25-17(21-14-6-2-1-3-7-14)13-5-4-8-23(12-13)19(26)16-11-15-18(28-16)22-20-24(15)9-10-27-20/h1-3,6-7,9-11,13H,4-5,8,12H2,(H,21,25). The van der Waals surface area contributed by atoms with Gasteiger partial charge in [0.1, 0.15) is 4.83 Å². The Hall–Kier alpha value is -2.71. The van der Waals surface area contributed by atoms with Gasteiger partial charge in [-0.25, -0.2) is 4.98 Å². The van der Waals surface area contributed by atoms with E-state index < -0.39 is 0 Å². The molecule has 1 atom stereocenters. The van der Waals surface area contributed by atoms with Gasteiger partial charge < -0.3 is 10.2 Å². The summed E-state index contributed by atoms with van der Waals surface area (Å²) in [4.78, 5) is 34.6. The van der Waals surface area contributed by atoms with Crippen LogP contribution in [0.2, 0.25) is 0 Å². The second-order valence-electron chi connectivity index (χ2n) is 6.91. The van der Waals surface area contributed by atoms with Crippen molar-refractivity contribution in [3.8, 4) is 0 Å². The zero-order valence-electron chi connectivity index (χ0n) is 15.0. The molecule has 28 heavy (non-hydrogen) atoms. The second kappa shape index (κ2) is 7.03. The van der Waals surface area contributed by atoms with E-state index in [-0.39, 0.29) is 17.7 Å². The topological polar surface area (TPSA) is 66.7 Å². The number of para-hydroxylation sites is 1. The van der Waals surface area contributed by atoms with Crippen LogP contribution < -0.4 is 5.32 Å². The molecule has 1 saturated heterocycles. The molecule has 6 nitrogen and oxygen atoms in total.